The average Bonchev–Trinajstić information content (AvgIpc) is 2.58. The number of hydrogen-bond acceptors (Lipinski definition) is 2. The van der Waals surface area contributed by atoms with Crippen molar-refractivity contribution in [3.8, 4) is 5.69 Å². The van der Waals surface area contributed by atoms with Gasteiger partial charge in [-0.15, -0.1) is 0 Å². The van der Waals surface area contributed by atoms with Crippen molar-refractivity contribution >= 4 is 29.5 Å². The van der Waals surface area contributed by atoms with Gasteiger partial charge < -0.3 is 0 Å². The topological polar surface area (TPSA) is 34.9 Å². The van der Waals surface area contributed by atoms with Crippen LogP contribution in [0, 0.1) is 6.92 Å². The largest absolute Gasteiger partial charge is 0.298 e. The summed E-state index contributed by atoms with van der Waals surface area (Å²) in [4.78, 5) is 10.9. The third-order valence-corrected chi connectivity index (χ3v) is 2.89. The second kappa shape index (κ2) is 4.28. The predicted octanol–water partition coefficient (Wildman–Crippen LogP) is 3.30. The summed E-state index contributed by atoms with van der Waals surface area (Å²) in [6.07, 6.45) is 2.37. The van der Waals surface area contributed by atoms with E-state index >= 15 is 0 Å². The summed E-state index contributed by atoms with van der Waals surface area (Å²) in [5, 5.41) is 5.19. The molecule has 5 heteroatoms. The number of nitrogens with zero attached hydrogens (tertiary/aromatic N) is 2. The third kappa shape index (κ3) is 1.84. The maximum absolute atomic E-state index is 10.9. The van der Waals surface area contributed by atoms with Crippen molar-refractivity contribution in [2.75, 3.05) is 0 Å². The zero-order chi connectivity index (χ0) is 11.7. The maximum atomic E-state index is 10.9. The molecule has 82 valence electrons. The van der Waals surface area contributed by atoms with Crippen LogP contribution in [-0.2, 0) is 0 Å². The van der Waals surface area contributed by atoms with Crippen LogP contribution in [0.1, 0.15) is 16.1 Å². The Morgan fingerprint density at radius 1 is 1.31 bits per heavy atom. The Labute approximate surface area is 103 Å². The first-order chi connectivity index (χ1) is 7.63. The molecule has 0 fully saturated rings. The van der Waals surface area contributed by atoms with Crippen LogP contribution >= 0.6 is 23.2 Å². The van der Waals surface area contributed by atoms with Crippen molar-refractivity contribution in [3.63, 3.8) is 0 Å². The third-order valence-electron chi connectivity index (χ3n) is 2.21. The number of para-hydroxylation sites is 1. The van der Waals surface area contributed by atoms with Gasteiger partial charge in [0, 0.05) is 11.8 Å². The van der Waals surface area contributed by atoms with Gasteiger partial charge in [-0.25, -0.2) is 4.68 Å². The molecule has 0 spiro atoms. The molecular formula is C11H8Cl2N2O. The summed E-state index contributed by atoms with van der Waals surface area (Å²) >= 11 is 12.0. The van der Waals surface area contributed by atoms with E-state index in [1.54, 1.807) is 31.3 Å². The molecule has 1 aromatic heterocycles. The van der Waals surface area contributed by atoms with Crippen LogP contribution in [0.3, 0.4) is 0 Å². The summed E-state index contributed by atoms with van der Waals surface area (Å²) in [6, 6.07) is 5.10. The van der Waals surface area contributed by atoms with Crippen molar-refractivity contribution < 1.29 is 4.79 Å². The van der Waals surface area contributed by atoms with Gasteiger partial charge in [0.1, 0.15) is 0 Å². The predicted molar refractivity (Wildman–Crippen MR) is 63.7 cm³/mol. The smallest absolute Gasteiger partial charge is 0.152 e. The van der Waals surface area contributed by atoms with Crippen molar-refractivity contribution in [2.24, 2.45) is 0 Å². The molecule has 0 amide bonds. The lowest BCUT2D eigenvalue weighted by molar-refractivity contribution is 0.112. The number of carbonyl (C=O) groups excluding carboxylic acids is 1. The second-order valence-corrected chi connectivity index (χ2v) is 4.12. The highest BCUT2D eigenvalue weighted by Gasteiger charge is 2.11. The van der Waals surface area contributed by atoms with Crippen LogP contribution in [0.5, 0.6) is 0 Å². The summed E-state index contributed by atoms with van der Waals surface area (Å²) in [7, 11) is 0. The van der Waals surface area contributed by atoms with Gasteiger partial charge in [-0.1, -0.05) is 29.3 Å². The number of carbonyl (C=O) groups is 1. The van der Waals surface area contributed by atoms with Crippen LogP contribution in [0.4, 0.5) is 0 Å². The molecule has 0 atom stereocenters. The molecule has 2 rings (SSSR count). The summed E-state index contributed by atoms with van der Waals surface area (Å²) in [5.41, 5.74) is 1.72. The van der Waals surface area contributed by atoms with E-state index in [-0.39, 0.29) is 0 Å². The van der Waals surface area contributed by atoms with Crippen LogP contribution in [0.2, 0.25) is 10.0 Å². The Morgan fingerprint density at radius 2 is 2.06 bits per heavy atom. The molecular weight excluding hydrogens is 247 g/mol. The van der Waals surface area contributed by atoms with Gasteiger partial charge in [-0.3, -0.25) is 4.79 Å². The fraction of sp³-hybridized carbons (Fsp3) is 0.0909. The van der Waals surface area contributed by atoms with E-state index in [0.29, 0.717) is 27.0 Å². The van der Waals surface area contributed by atoms with Gasteiger partial charge in [0.2, 0.25) is 0 Å². The first kappa shape index (κ1) is 11.2. The molecule has 16 heavy (non-hydrogen) atoms. The van der Waals surface area contributed by atoms with Crippen LogP contribution in [0.15, 0.2) is 24.4 Å². The Morgan fingerprint density at radius 3 is 2.62 bits per heavy atom. The molecule has 0 radical (unpaired) electrons. The Bertz CT molecular complexity index is 529. The molecule has 0 aliphatic heterocycles. The summed E-state index contributed by atoms with van der Waals surface area (Å²) < 4.78 is 1.52. The number of aryl methyl sites for hydroxylation is 1. The number of benzene rings is 1. The standard InChI is InChI=1S/C11H8Cl2N2O/c1-7-10(13)5-15(14-7)11-8(6-16)3-2-4-9(11)12/h2-6H,1H3. The lowest BCUT2D eigenvalue weighted by Crippen LogP contribution is -2.00. The number of halogens is 2. The van der Waals surface area contributed by atoms with E-state index in [1.807, 2.05) is 0 Å². The van der Waals surface area contributed by atoms with Gasteiger partial charge in [-0.05, 0) is 19.1 Å². The Kier molecular flexibility index (Phi) is 2.99. The lowest BCUT2D eigenvalue weighted by atomic mass is 10.2. The molecule has 0 aliphatic carbocycles. The van der Waals surface area contributed by atoms with Gasteiger partial charge in [0.25, 0.3) is 0 Å². The quantitative estimate of drug-likeness (QED) is 0.771. The molecule has 0 saturated carbocycles. The number of aromatic nitrogens is 2. The SMILES string of the molecule is Cc1nn(-c2c(Cl)cccc2C=O)cc1Cl. The first-order valence-corrected chi connectivity index (χ1v) is 5.35. The average molecular weight is 255 g/mol. The van der Waals surface area contributed by atoms with E-state index < -0.39 is 0 Å². The normalized spacial score (nSPS) is 10.4. The van der Waals surface area contributed by atoms with Crippen molar-refractivity contribution in [1.29, 1.82) is 0 Å². The number of hydrogen-bond donors (Lipinski definition) is 0. The number of rotatable bonds is 2. The minimum Gasteiger partial charge on any atom is -0.298 e. The molecule has 0 bridgehead atoms. The molecule has 1 heterocycles. The van der Waals surface area contributed by atoms with Crippen LogP contribution in [0.25, 0.3) is 5.69 Å². The van der Waals surface area contributed by atoms with E-state index in [4.69, 9.17) is 23.2 Å². The Balaban J connectivity index is 2.67. The minimum absolute atomic E-state index is 0.462. The second-order valence-electron chi connectivity index (χ2n) is 3.30. The van der Waals surface area contributed by atoms with Gasteiger partial charge >= 0.3 is 0 Å². The molecule has 0 saturated heterocycles. The van der Waals surface area contributed by atoms with Crippen LogP contribution in [-0.4, -0.2) is 16.1 Å². The monoisotopic (exact) mass is 254 g/mol. The maximum Gasteiger partial charge on any atom is 0.152 e. The summed E-state index contributed by atoms with van der Waals surface area (Å²) in [5.74, 6) is 0. The highest BCUT2D eigenvalue weighted by molar-refractivity contribution is 6.33. The van der Waals surface area contributed by atoms with E-state index in [1.165, 1.54) is 4.68 Å². The molecule has 0 N–H and O–H groups in total. The first-order valence-electron chi connectivity index (χ1n) is 4.59. The van der Waals surface area contributed by atoms with Crippen molar-refractivity contribution in [1.82, 2.24) is 9.78 Å². The highest BCUT2D eigenvalue weighted by Crippen LogP contribution is 2.25. The lowest BCUT2D eigenvalue weighted by Gasteiger charge is -2.06. The van der Waals surface area contributed by atoms with Gasteiger partial charge in [-0.2, -0.15) is 5.10 Å². The molecule has 3 nitrogen and oxygen atoms in total. The molecule has 1 aromatic carbocycles. The Hall–Kier alpha value is -1.32. The molecule has 0 aliphatic rings. The van der Waals surface area contributed by atoms with E-state index in [9.17, 15) is 4.79 Å². The van der Waals surface area contributed by atoms with Gasteiger partial charge in [0.05, 0.1) is 21.4 Å². The summed E-state index contributed by atoms with van der Waals surface area (Å²) in [6.45, 7) is 1.79. The number of aldehydes is 1. The van der Waals surface area contributed by atoms with Crippen molar-refractivity contribution in [2.45, 2.75) is 6.92 Å². The minimum atomic E-state index is 0.462. The zero-order valence-electron chi connectivity index (χ0n) is 8.45. The van der Waals surface area contributed by atoms with Crippen LogP contribution < -0.4 is 0 Å². The van der Waals surface area contributed by atoms with Gasteiger partial charge in [0.15, 0.2) is 6.29 Å². The van der Waals surface area contributed by atoms with E-state index in [0.717, 1.165) is 6.29 Å². The fourth-order valence-corrected chi connectivity index (χ4v) is 1.82. The van der Waals surface area contributed by atoms with E-state index in [2.05, 4.69) is 5.10 Å². The highest BCUT2D eigenvalue weighted by atomic mass is 35.5. The zero-order valence-corrected chi connectivity index (χ0v) is 9.96. The molecule has 0 unspecified atom stereocenters. The fourth-order valence-electron chi connectivity index (χ4n) is 1.42. The molecule has 2 aromatic rings. The van der Waals surface area contributed by atoms with Crippen molar-refractivity contribution in [3.05, 3.63) is 45.7 Å².